The van der Waals surface area contributed by atoms with Gasteiger partial charge in [-0.05, 0) is 23.3 Å². The topological polar surface area (TPSA) is 82.5 Å². The Labute approximate surface area is 87.1 Å². The van der Waals surface area contributed by atoms with Crippen molar-refractivity contribution in [3.63, 3.8) is 0 Å². The van der Waals surface area contributed by atoms with E-state index >= 15 is 0 Å². The maximum absolute atomic E-state index is 5.72. The first-order valence-electron chi connectivity index (χ1n) is 4.68. The molecule has 2 aromatic rings. The first kappa shape index (κ1) is 9.57. The zero-order valence-electron chi connectivity index (χ0n) is 8.46. The summed E-state index contributed by atoms with van der Waals surface area (Å²) in [5.74, 6) is 1.29. The molecule has 0 unspecified atom stereocenters. The highest BCUT2D eigenvalue weighted by molar-refractivity contribution is 5.38. The minimum atomic E-state index is 0.571. The molecule has 0 spiro atoms. The molecule has 0 bridgehead atoms. The summed E-state index contributed by atoms with van der Waals surface area (Å²) in [7, 11) is 1.74. The van der Waals surface area contributed by atoms with Crippen molar-refractivity contribution in [1.29, 1.82) is 0 Å². The molecule has 0 amide bonds. The van der Waals surface area contributed by atoms with Gasteiger partial charge in [-0.3, -0.25) is 0 Å². The largest absolute Gasteiger partial charge is 0.383 e. The van der Waals surface area contributed by atoms with E-state index in [0.717, 1.165) is 24.2 Å². The van der Waals surface area contributed by atoms with E-state index in [9.17, 15) is 0 Å². The molecule has 2 heterocycles. The highest BCUT2D eigenvalue weighted by Crippen LogP contribution is 2.09. The lowest BCUT2D eigenvalue weighted by molar-refractivity contribution is 0.627. The third kappa shape index (κ3) is 2.28. The summed E-state index contributed by atoms with van der Waals surface area (Å²) >= 11 is 0. The van der Waals surface area contributed by atoms with E-state index in [0.29, 0.717) is 5.82 Å². The Morgan fingerprint density at radius 1 is 1.40 bits per heavy atom. The molecule has 0 aliphatic heterocycles. The van der Waals surface area contributed by atoms with Gasteiger partial charge in [-0.2, -0.15) is 4.80 Å². The summed E-state index contributed by atoms with van der Waals surface area (Å²) < 4.78 is 0. The van der Waals surface area contributed by atoms with E-state index in [1.807, 2.05) is 12.1 Å². The summed E-state index contributed by atoms with van der Waals surface area (Å²) in [4.78, 5) is 5.46. The average molecular weight is 204 g/mol. The molecule has 0 atom stereocenters. The fraction of sp³-hybridized carbons (Fsp3) is 0.333. The second-order valence-electron chi connectivity index (χ2n) is 3.24. The van der Waals surface area contributed by atoms with Gasteiger partial charge in [0.05, 0.1) is 7.05 Å². The standard InChI is InChI=1S/C9H12N6/c1-15-13-8(12-14-15)5-4-7-3-2-6-11-9(7)10/h2-3,6H,4-5H2,1H3,(H2,10,11). The summed E-state index contributed by atoms with van der Waals surface area (Å²) in [6, 6.07) is 3.83. The predicted octanol–water partition coefficient (Wildman–Crippen LogP) is -0.0275. The molecular formula is C9H12N6. The number of hydrogen-bond donors (Lipinski definition) is 1. The SMILES string of the molecule is Cn1nnc(CCc2cccnc2N)n1. The second-order valence-corrected chi connectivity index (χ2v) is 3.24. The molecule has 0 fully saturated rings. The zero-order valence-corrected chi connectivity index (χ0v) is 8.46. The number of nitrogens with two attached hydrogens (primary N) is 1. The van der Waals surface area contributed by atoms with Crippen LogP contribution in [0.2, 0.25) is 0 Å². The Bertz CT molecular complexity index is 449. The van der Waals surface area contributed by atoms with Crippen molar-refractivity contribution >= 4 is 5.82 Å². The lowest BCUT2D eigenvalue weighted by Gasteiger charge is -2.01. The third-order valence-electron chi connectivity index (χ3n) is 2.09. The molecule has 15 heavy (non-hydrogen) atoms. The Kier molecular flexibility index (Phi) is 2.57. The first-order chi connectivity index (χ1) is 7.25. The molecule has 0 aliphatic carbocycles. The number of anilines is 1. The van der Waals surface area contributed by atoms with Crippen molar-refractivity contribution in [3.05, 3.63) is 29.7 Å². The minimum Gasteiger partial charge on any atom is -0.383 e. The van der Waals surface area contributed by atoms with E-state index < -0.39 is 0 Å². The van der Waals surface area contributed by atoms with E-state index in [2.05, 4.69) is 20.4 Å². The number of hydrogen-bond acceptors (Lipinski definition) is 5. The van der Waals surface area contributed by atoms with Crippen LogP contribution in [0.1, 0.15) is 11.4 Å². The number of aromatic nitrogens is 5. The van der Waals surface area contributed by atoms with Crippen molar-refractivity contribution < 1.29 is 0 Å². The van der Waals surface area contributed by atoms with Gasteiger partial charge in [-0.25, -0.2) is 4.98 Å². The molecule has 0 aromatic carbocycles. The molecule has 6 nitrogen and oxygen atoms in total. The highest BCUT2D eigenvalue weighted by Gasteiger charge is 2.03. The van der Waals surface area contributed by atoms with Crippen LogP contribution in [-0.2, 0) is 19.9 Å². The Morgan fingerprint density at radius 2 is 2.27 bits per heavy atom. The van der Waals surface area contributed by atoms with Crippen LogP contribution in [0.25, 0.3) is 0 Å². The van der Waals surface area contributed by atoms with E-state index in [1.54, 1.807) is 13.2 Å². The van der Waals surface area contributed by atoms with Crippen LogP contribution in [0.4, 0.5) is 5.82 Å². The van der Waals surface area contributed by atoms with Crippen molar-refractivity contribution in [2.24, 2.45) is 7.05 Å². The van der Waals surface area contributed by atoms with Gasteiger partial charge in [-0.15, -0.1) is 10.2 Å². The molecule has 0 saturated carbocycles. The normalized spacial score (nSPS) is 10.5. The molecule has 0 radical (unpaired) electrons. The zero-order chi connectivity index (χ0) is 10.7. The average Bonchev–Trinajstić information content (AvgIpc) is 2.63. The van der Waals surface area contributed by atoms with Gasteiger partial charge < -0.3 is 5.73 Å². The van der Waals surface area contributed by atoms with E-state index in [1.165, 1.54) is 4.80 Å². The fourth-order valence-electron chi connectivity index (χ4n) is 1.33. The van der Waals surface area contributed by atoms with Crippen LogP contribution in [0.3, 0.4) is 0 Å². The number of pyridine rings is 1. The van der Waals surface area contributed by atoms with Crippen molar-refractivity contribution in [2.75, 3.05) is 5.73 Å². The van der Waals surface area contributed by atoms with Crippen LogP contribution in [0, 0.1) is 0 Å². The second kappa shape index (κ2) is 4.04. The van der Waals surface area contributed by atoms with Gasteiger partial charge in [0.2, 0.25) is 0 Å². The van der Waals surface area contributed by atoms with Gasteiger partial charge in [-0.1, -0.05) is 6.07 Å². The molecule has 2 N–H and O–H groups in total. The van der Waals surface area contributed by atoms with Gasteiger partial charge in [0, 0.05) is 12.6 Å². The Hall–Kier alpha value is -1.98. The minimum absolute atomic E-state index is 0.571. The molecular weight excluding hydrogens is 192 g/mol. The first-order valence-corrected chi connectivity index (χ1v) is 4.68. The predicted molar refractivity (Wildman–Crippen MR) is 54.9 cm³/mol. The van der Waals surface area contributed by atoms with Crippen LogP contribution in [-0.4, -0.2) is 25.2 Å². The fourth-order valence-corrected chi connectivity index (χ4v) is 1.33. The quantitative estimate of drug-likeness (QED) is 0.759. The Morgan fingerprint density at radius 3 is 2.93 bits per heavy atom. The van der Waals surface area contributed by atoms with Gasteiger partial charge in [0.1, 0.15) is 5.82 Å². The molecule has 6 heteroatoms. The van der Waals surface area contributed by atoms with Crippen molar-refractivity contribution in [1.82, 2.24) is 25.2 Å². The number of tetrazole rings is 1. The van der Waals surface area contributed by atoms with Gasteiger partial charge in [0.15, 0.2) is 5.82 Å². The van der Waals surface area contributed by atoms with Crippen LogP contribution in [0.5, 0.6) is 0 Å². The summed E-state index contributed by atoms with van der Waals surface area (Å²) in [6.07, 6.45) is 3.19. The number of rotatable bonds is 3. The highest BCUT2D eigenvalue weighted by atomic mass is 15.6. The maximum atomic E-state index is 5.72. The summed E-state index contributed by atoms with van der Waals surface area (Å²) in [6.45, 7) is 0. The van der Waals surface area contributed by atoms with Crippen molar-refractivity contribution in [2.45, 2.75) is 12.8 Å². The van der Waals surface area contributed by atoms with Crippen LogP contribution < -0.4 is 5.73 Å². The van der Waals surface area contributed by atoms with Crippen LogP contribution in [0.15, 0.2) is 18.3 Å². The molecule has 2 rings (SSSR count). The number of nitrogen functional groups attached to an aromatic ring is 1. The monoisotopic (exact) mass is 204 g/mol. The van der Waals surface area contributed by atoms with Gasteiger partial charge in [0.25, 0.3) is 0 Å². The Balaban J connectivity index is 2.02. The molecule has 0 saturated heterocycles. The van der Waals surface area contributed by atoms with Crippen molar-refractivity contribution in [3.8, 4) is 0 Å². The number of aryl methyl sites for hydroxylation is 3. The maximum Gasteiger partial charge on any atom is 0.175 e. The van der Waals surface area contributed by atoms with E-state index in [-0.39, 0.29) is 0 Å². The smallest absolute Gasteiger partial charge is 0.175 e. The lowest BCUT2D eigenvalue weighted by Crippen LogP contribution is -2.00. The number of nitrogens with zero attached hydrogens (tertiary/aromatic N) is 5. The molecule has 78 valence electrons. The third-order valence-corrected chi connectivity index (χ3v) is 2.09. The summed E-state index contributed by atoms with van der Waals surface area (Å²) in [5.41, 5.74) is 6.74. The lowest BCUT2D eigenvalue weighted by atomic mass is 10.1. The van der Waals surface area contributed by atoms with E-state index in [4.69, 9.17) is 5.73 Å². The van der Waals surface area contributed by atoms with Gasteiger partial charge >= 0.3 is 0 Å². The summed E-state index contributed by atoms with van der Waals surface area (Å²) in [5, 5.41) is 11.7. The molecule has 0 aliphatic rings. The van der Waals surface area contributed by atoms with Crippen LogP contribution >= 0.6 is 0 Å². The molecule has 2 aromatic heterocycles.